The number of hydrogen-bond acceptors (Lipinski definition) is 5. The van der Waals surface area contributed by atoms with Gasteiger partial charge in [0.2, 0.25) is 0 Å². The highest BCUT2D eigenvalue weighted by atomic mass is 32.1. The van der Waals surface area contributed by atoms with Gasteiger partial charge in [-0.2, -0.15) is 0 Å². The predicted octanol–water partition coefficient (Wildman–Crippen LogP) is 3.86. The van der Waals surface area contributed by atoms with Gasteiger partial charge in [0, 0.05) is 31.7 Å². The normalized spacial score (nSPS) is 14.1. The van der Waals surface area contributed by atoms with Crippen molar-refractivity contribution in [3.63, 3.8) is 0 Å². The van der Waals surface area contributed by atoms with E-state index in [2.05, 4.69) is 6.07 Å². The van der Waals surface area contributed by atoms with Crippen molar-refractivity contribution in [2.24, 2.45) is 0 Å². The standard InChI is InChI=1S/C21H26N2O4S/c1-4-26-21(25)23-9-7-22(8-10-23)20(24)19-12-17(14-28-19)13-27-18-11-15(2)5-6-16(18)3/h5-6,11-12,14H,4,7-10,13H2,1-3H3. The number of benzene rings is 1. The number of carbonyl (C=O) groups is 2. The summed E-state index contributed by atoms with van der Waals surface area (Å²) in [7, 11) is 0. The van der Waals surface area contributed by atoms with Crippen LogP contribution in [0.1, 0.15) is 33.3 Å². The van der Waals surface area contributed by atoms with Gasteiger partial charge in [-0.3, -0.25) is 4.79 Å². The van der Waals surface area contributed by atoms with Crippen LogP contribution in [0.5, 0.6) is 5.75 Å². The minimum atomic E-state index is -0.309. The first-order valence-corrected chi connectivity index (χ1v) is 10.3. The highest BCUT2D eigenvalue weighted by Crippen LogP contribution is 2.23. The van der Waals surface area contributed by atoms with E-state index in [4.69, 9.17) is 9.47 Å². The van der Waals surface area contributed by atoms with Gasteiger partial charge in [-0.05, 0) is 49.4 Å². The number of nitrogens with zero attached hydrogens (tertiary/aromatic N) is 2. The smallest absolute Gasteiger partial charge is 0.409 e. The summed E-state index contributed by atoms with van der Waals surface area (Å²) in [6.45, 7) is 8.67. The number of hydrogen-bond donors (Lipinski definition) is 0. The molecule has 0 N–H and O–H groups in total. The molecule has 2 heterocycles. The molecule has 0 aliphatic carbocycles. The Morgan fingerprint density at radius 3 is 2.50 bits per heavy atom. The first-order valence-electron chi connectivity index (χ1n) is 9.46. The third kappa shape index (κ3) is 4.84. The zero-order valence-corrected chi connectivity index (χ0v) is 17.4. The molecule has 1 saturated heterocycles. The van der Waals surface area contributed by atoms with E-state index in [1.807, 2.05) is 37.4 Å². The number of ether oxygens (including phenoxy) is 2. The van der Waals surface area contributed by atoms with Gasteiger partial charge in [0.25, 0.3) is 5.91 Å². The first kappa shape index (κ1) is 20.2. The average molecular weight is 403 g/mol. The van der Waals surface area contributed by atoms with Crippen LogP contribution >= 0.6 is 11.3 Å². The molecule has 6 nitrogen and oxygen atoms in total. The van der Waals surface area contributed by atoms with E-state index in [1.54, 1.807) is 16.7 Å². The Balaban J connectivity index is 1.54. The Bertz CT molecular complexity index is 841. The molecule has 1 aromatic carbocycles. The number of piperazine rings is 1. The SMILES string of the molecule is CCOC(=O)N1CCN(C(=O)c2cc(COc3cc(C)ccc3C)cs2)CC1. The third-order valence-corrected chi connectivity index (χ3v) is 5.66. The quantitative estimate of drug-likeness (QED) is 0.762. The lowest BCUT2D eigenvalue weighted by atomic mass is 10.1. The van der Waals surface area contributed by atoms with Gasteiger partial charge in [-0.1, -0.05) is 12.1 Å². The van der Waals surface area contributed by atoms with Gasteiger partial charge in [0.15, 0.2) is 0 Å². The largest absolute Gasteiger partial charge is 0.489 e. The Morgan fingerprint density at radius 1 is 1.07 bits per heavy atom. The highest BCUT2D eigenvalue weighted by Gasteiger charge is 2.26. The van der Waals surface area contributed by atoms with Crippen molar-refractivity contribution < 1.29 is 19.1 Å². The first-order chi connectivity index (χ1) is 13.5. The van der Waals surface area contributed by atoms with E-state index < -0.39 is 0 Å². The molecule has 0 atom stereocenters. The van der Waals surface area contributed by atoms with Crippen molar-refractivity contribution in [3.8, 4) is 5.75 Å². The average Bonchev–Trinajstić information content (AvgIpc) is 3.17. The van der Waals surface area contributed by atoms with Gasteiger partial charge in [0.05, 0.1) is 11.5 Å². The topological polar surface area (TPSA) is 59.1 Å². The van der Waals surface area contributed by atoms with Crippen LogP contribution in [0, 0.1) is 13.8 Å². The van der Waals surface area contributed by atoms with E-state index in [1.165, 1.54) is 11.3 Å². The summed E-state index contributed by atoms with van der Waals surface area (Å²) >= 11 is 1.43. The number of rotatable bonds is 5. The zero-order chi connectivity index (χ0) is 20.1. The van der Waals surface area contributed by atoms with Crippen molar-refractivity contribution in [1.29, 1.82) is 0 Å². The molecule has 150 valence electrons. The number of thiophene rings is 1. The molecule has 28 heavy (non-hydrogen) atoms. The van der Waals surface area contributed by atoms with E-state index >= 15 is 0 Å². The van der Waals surface area contributed by atoms with E-state index in [0.29, 0.717) is 44.3 Å². The van der Waals surface area contributed by atoms with Crippen LogP contribution in [-0.4, -0.2) is 54.6 Å². The van der Waals surface area contributed by atoms with Crippen molar-refractivity contribution in [2.75, 3.05) is 32.8 Å². The van der Waals surface area contributed by atoms with Crippen LogP contribution in [0.4, 0.5) is 4.79 Å². The zero-order valence-electron chi connectivity index (χ0n) is 16.6. The van der Waals surface area contributed by atoms with Crippen LogP contribution in [0.15, 0.2) is 29.6 Å². The molecule has 1 fully saturated rings. The Kier molecular flexibility index (Phi) is 6.57. The van der Waals surface area contributed by atoms with Crippen LogP contribution < -0.4 is 4.74 Å². The van der Waals surface area contributed by atoms with Crippen molar-refractivity contribution in [1.82, 2.24) is 9.80 Å². The van der Waals surface area contributed by atoms with Crippen LogP contribution in [0.2, 0.25) is 0 Å². The predicted molar refractivity (Wildman–Crippen MR) is 109 cm³/mol. The molecule has 1 aromatic heterocycles. The summed E-state index contributed by atoms with van der Waals surface area (Å²) in [4.78, 5) is 28.7. The fourth-order valence-electron chi connectivity index (χ4n) is 3.05. The molecule has 1 aliphatic rings. The van der Waals surface area contributed by atoms with Gasteiger partial charge in [-0.15, -0.1) is 11.3 Å². The van der Waals surface area contributed by atoms with Gasteiger partial charge < -0.3 is 19.3 Å². The van der Waals surface area contributed by atoms with Gasteiger partial charge in [0.1, 0.15) is 12.4 Å². The van der Waals surface area contributed by atoms with E-state index in [-0.39, 0.29) is 12.0 Å². The van der Waals surface area contributed by atoms with E-state index in [0.717, 1.165) is 22.4 Å². The molecule has 0 bridgehead atoms. The highest BCUT2D eigenvalue weighted by molar-refractivity contribution is 7.12. The second kappa shape index (κ2) is 9.10. The summed E-state index contributed by atoms with van der Waals surface area (Å²) in [5, 5.41) is 1.97. The fraction of sp³-hybridized carbons (Fsp3) is 0.429. The lowest BCUT2D eigenvalue weighted by Crippen LogP contribution is -2.50. The fourth-order valence-corrected chi connectivity index (χ4v) is 3.91. The Hall–Kier alpha value is -2.54. The molecule has 2 aromatic rings. The maximum Gasteiger partial charge on any atom is 0.409 e. The summed E-state index contributed by atoms with van der Waals surface area (Å²) in [6.07, 6.45) is -0.309. The van der Waals surface area contributed by atoms with Crippen molar-refractivity contribution in [3.05, 3.63) is 51.2 Å². The van der Waals surface area contributed by atoms with Crippen LogP contribution in [0.3, 0.4) is 0 Å². The van der Waals surface area contributed by atoms with Gasteiger partial charge >= 0.3 is 6.09 Å². The molecule has 0 spiro atoms. The molecular weight excluding hydrogens is 376 g/mol. The molecular formula is C21H26N2O4S. The molecule has 2 amide bonds. The number of aryl methyl sites for hydroxylation is 2. The molecule has 1 aliphatic heterocycles. The summed E-state index contributed by atoms with van der Waals surface area (Å²) < 4.78 is 10.9. The lowest BCUT2D eigenvalue weighted by molar-refractivity contribution is 0.0574. The molecule has 0 radical (unpaired) electrons. The number of carbonyl (C=O) groups excluding carboxylic acids is 2. The second-order valence-electron chi connectivity index (χ2n) is 6.86. The van der Waals surface area contributed by atoms with Gasteiger partial charge in [-0.25, -0.2) is 4.79 Å². The third-order valence-electron chi connectivity index (χ3n) is 4.70. The van der Waals surface area contributed by atoms with Crippen molar-refractivity contribution >= 4 is 23.3 Å². The molecule has 0 saturated carbocycles. The minimum absolute atomic E-state index is 0.00601. The van der Waals surface area contributed by atoms with Crippen molar-refractivity contribution in [2.45, 2.75) is 27.4 Å². The molecule has 7 heteroatoms. The van der Waals surface area contributed by atoms with E-state index in [9.17, 15) is 9.59 Å². The number of amides is 2. The Morgan fingerprint density at radius 2 is 1.79 bits per heavy atom. The maximum absolute atomic E-state index is 12.7. The molecule has 0 unspecified atom stereocenters. The van der Waals surface area contributed by atoms with Crippen LogP contribution in [-0.2, 0) is 11.3 Å². The molecule has 3 rings (SSSR count). The Labute approximate surface area is 169 Å². The summed E-state index contributed by atoms with van der Waals surface area (Å²) in [5.41, 5.74) is 3.24. The van der Waals surface area contributed by atoms with Crippen LogP contribution in [0.25, 0.3) is 0 Å². The second-order valence-corrected chi connectivity index (χ2v) is 7.77. The minimum Gasteiger partial charge on any atom is -0.489 e. The summed E-state index contributed by atoms with van der Waals surface area (Å²) in [6, 6.07) is 8.03. The monoisotopic (exact) mass is 402 g/mol. The maximum atomic E-state index is 12.7. The summed E-state index contributed by atoms with van der Waals surface area (Å²) in [5.74, 6) is 0.876. The lowest BCUT2D eigenvalue weighted by Gasteiger charge is -2.33.